The van der Waals surface area contributed by atoms with E-state index in [1.165, 1.54) is 0 Å². The van der Waals surface area contributed by atoms with E-state index in [9.17, 15) is 18.0 Å². The van der Waals surface area contributed by atoms with Crippen LogP contribution in [-0.4, -0.2) is 33.0 Å². The predicted molar refractivity (Wildman–Crippen MR) is 146 cm³/mol. The van der Waals surface area contributed by atoms with Gasteiger partial charge in [0.2, 0.25) is 15.9 Å². The minimum atomic E-state index is -3.70. The Hall–Kier alpha value is -3.65. The number of aryl methyl sites for hydroxylation is 1. The van der Waals surface area contributed by atoms with E-state index >= 15 is 0 Å². The van der Waals surface area contributed by atoms with E-state index in [1.807, 2.05) is 32.0 Å². The molecule has 3 aromatic carbocycles. The molecule has 0 unspecified atom stereocenters. The van der Waals surface area contributed by atoms with Crippen molar-refractivity contribution in [1.82, 2.24) is 0 Å². The topological polar surface area (TPSA) is 95.6 Å². The average molecular weight is 508 g/mol. The van der Waals surface area contributed by atoms with Gasteiger partial charge in [0.25, 0.3) is 5.91 Å². The number of amides is 2. The van der Waals surface area contributed by atoms with Gasteiger partial charge in [-0.2, -0.15) is 0 Å². The van der Waals surface area contributed by atoms with Crippen LogP contribution in [0.5, 0.6) is 0 Å². The molecule has 0 fully saturated rings. The van der Waals surface area contributed by atoms with Crippen LogP contribution < -0.4 is 14.9 Å². The molecule has 0 aliphatic rings. The van der Waals surface area contributed by atoms with Crippen LogP contribution in [0.2, 0.25) is 0 Å². The third kappa shape index (κ3) is 6.73. The third-order valence-corrected chi connectivity index (χ3v) is 7.08. The number of nitrogens with one attached hydrogen (secondary N) is 2. The summed E-state index contributed by atoms with van der Waals surface area (Å²) in [6.07, 6.45) is 1.08. The Morgan fingerprint density at radius 3 is 2.03 bits per heavy atom. The van der Waals surface area contributed by atoms with Crippen molar-refractivity contribution in [3.05, 3.63) is 89.0 Å². The number of rotatable bonds is 7. The minimum absolute atomic E-state index is 0.00767. The molecule has 0 spiro atoms. The summed E-state index contributed by atoms with van der Waals surface area (Å²) >= 11 is 0. The molecule has 2 amide bonds. The molecule has 0 saturated carbocycles. The van der Waals surface area contributed by atoms with E-state index in [-0.39, 0.29) is 17.9 Å². The van der Waals surface area contributed by atoms with Crippen LogP contribution in [-0.2, 0) is 20.2 Å². The number of benzene rings is 3. The molecule has 7 nitrogen and oxygen atoms in total. The third-order valence-electron chi connectivity index (χ3n) is 5.95. The van der Waals surface area contributed by atoms with Gasteiger partial charge in [0, 0.05) is 16.9 Å². The monoisotopic (exact) mass is 507 g/mol. The molecule has 0 aliphatic heterocycles. The summed E-state index contributed by atoms with van der Waals surface area (Å²) in [7, 11) is -3.70. The molecule has 3 rings (SSSR count). The summed E-state index contributed by atoms with van der Waals surface area (Å²) in [5, 5.41) is 5.57. The number of hydrogen-bond donors (Lipinski definition) is 2. The highest BCUT2D eigenvalue weighted by atomic mass is 32.2. The Labute approximate surface area is 213 Å². The van der Waals surface area contributed by atoms with Crippen molar-refractivity contribution in [2.75, 3.05) is 27.7 Å². The lowest BCUT2D eigenvalue weighted by molar-refractivity contribution is -0.114. The first kappa shape index (κ1) is 26.9. The molecule has 8 heteroatoms. The zero-order valence-electron chi connectivity index (χ0n) is 21.5. The zero-order chi connectivity index (χ0) is 26.7. The molecule has 0 bridgehead atoms. The average Bonchev–Trinajstić information content (AvgIpc) is 2.78. The van der Waals surface area contributed by atoms with Crippen molar-refractivity contribution in [3.8, 4) is 0 Å². The first-order valence-electron chi connectivity index (χ1n) is 11.6. The summed E-state index contributed by atoms with van der Waals surface area (Å²) in [5.41, 5.74) is 4.77. The maximum absolute atomic E-state index is 12.8. The van der Waals surface area contributed by atoms with E-state index < -0.39 is 15.9 Å². The first-order valence-corrected chi connectivity index (χ1v) is 13.5. The van der Waals surface area contributed by atoms with Crippen LogP contribution >= 0.6 is 0 Å². The molecule has 3 aromatic rings. The molecule has 0 heterocycles. The quantitative estimate of drug-likeness (QED) is 0.456. The van der Waals surface area contributed by atoms with Gasteiger partial charge in [0.05, 0.1) is 11.9 Å². The van der Waals surface area contributed by atoms with Crippen molar-refractivity contribution in [1.29, 1.82) is 0 Å². The van der Waals surface area contributed by atoms with Crippen molar-refractivity contribution in [2.24, 2.45) is 0 Å². The molecule has 2 N–H and O–H groups in total. The number of sulfonamides is 1. The standard InChI is InChI=1S/C28H33N3O4S/c1-19-9-7-12-25(20(19)2)31(36(6,34)35)18-26(32)29-23-10-8-11-24(17-23)30-27(33)21-13-15-22(16-14-21)28(3,4)5/h7-17H,18H2,1-6H3,(H,29,32)(H,30,33). The van der Waals surface area contributed by atoms with Gasteiger partial charge in [0.1, 0.15) is 6.54 Å². The summed E-state index contributed by atoms with van der Waals surface area (Å²) in [6, 6.07) is 19.5. The van der Waals surface area contributed by atoms with Crippen molar-refractivity contribution in [2.45, 2.75) is 40.0 Å². The number of carbonyl (C=O) groups is 2. The Bertz CT molecular complexity index is 1370. The number of carbonyl (C=O) groups excluding carboxylic acids is 2. The molecular weight excluding hydrogens is 474 g/mol. The maximum atomic E-state index is 12.8. The fraction of sp³-hybridized carbons (Fsp3) is 0.286. The van der Waals surface area contributed by atoms with Crippen LogP contribution in [0, 0.1) is 13.8 Å². The van der Waals surface area contributed by atoms with Gasteiger partial charge in [-0.3, -0.25) is 13.9 Å². The largest absolute Gasteiger partial charge is 0.324 e. The molecular formula is C28H33N3O4S. The van der Waals surface area contributed by atoms with Gasteiger partial charge in [-0.15, -0.1) is 0 Å². The van der Waals surface area contributed by atoms with Crippen molar-refractivity contribution < 1.29 is 18.0 Å². The van der Waals surface area contributed by atoms with Crippen LogP contribution in [0.25, 0.3) is 0 Å². The Kier molecular flexibility index (Phi) is 7.89. The van der Waals surface area contributed by atoms with Crippen molar-refractivity contribution >= 4 is 38.9 Å². The summed E-state index contributed by atoms with van der Waals surface area (Å²) in [6.45, 7) is 9.67. The number of hydrogen-bond acceptors (Lipinski definition) is 4. The lowest BCUT2D eigenvalue weighted by atomic mass is 9.87. The second kappa shape index (κ2) is 10.5. The molecule has 190 valence electrons. The Morgan fingerprint density at radius 2 is 1.44 bits per heavy atom. The highest BCUT2D eigenvalue weighted by Gasteiger charge is 2.23. The molecule has 0 aromatic heterocycles. The van der Waals surface area contributed by atoms with E-state index in [2.05, 4.69) is 31.4 Å². The molecule has 0 atom stereocenters. The van der Waals surface area contributed by atoms with Gasteiger partial charge in [-0.25, -0.2) is 8.42 Å². The highest BCUT2D eigenvalue weighted by Crippen LogP contribution is 2.25. The molecule has 0 radical (unpaired) electrons. The SMILES string of the molecule is Cc1cccc(N(CC(=O)Nc2cccc(NC(=O)c3ccc(C(C)(C)C)cc3)c2)S(C)(=O)=O)c1C. The van der Waals surface area contributed by atoms with E-state index in [4.69, 9.17) is 0 Å². The normalized spacial score (nSPS) is 11.6. The maximum Gasteiger partial charge on any atom is 0.255 e. The predicted octanol–water partition coefficient (Wildman–Crippen LogP) is 5.26. The smallest absolute Gasteiger partial charge is 0.255 e. The second-order valence-corrected chi connectivity index (χ2v) is 11.8. The Morgan fingerprint density at radius 1 is 0.861 bits per heavy atom. The number of nitrogens with zero attached hydrogens (tertiary/aromatic N) is 1. The lowest BCUT2D eigenvalue weighted by Crippen LogP contribution is -2.38. The zero-order valence-corrected chi connectivity index (χ0v) is 22.4. The van der Waals surface area contributed by atoms with Gasteiger partial charge >= 0.3 is 0 Å². The number of anilines is 3. The fourth-order valence-corrected chi connectivity index (χ4v) is 4.62. The highest BCUT2D eigenvalue weighted by molar-refractivity contribution is 7.92. The van der Waals surface area contributed by atoms with Gasteiger partial charge in [-0.05, 0) is 72.4 Å². The van der Waals surface area contributed by atoms with Crippen LogP contribution in [0.15, 0.2) is 66.7 Å². The van der Waals surface area contributed by atoms with Crippen LogP contribution in [0.1, 0.15) is 47.8 Å². The van der Waals surface area contributed by atoms with Gasteiger partial charge in [-0.1, -0.05) is 51.1 Å². The van der Waals surface area contributed by atoms with Crippen LogP contribution in [0.3, 0.4) is 0 Å². The summed E-state index contributed by atoms with van der Waals surface area (Å²) in [4.78, 5) is 25.5. The fourth-order valence-electron chi connectivity index (χ4n) is 3.72. The summed E-state index contributed by atoms with van der Waals surface area (Å²) in [5.74, 6) is -0.764. The van der Waals surface area contributed by atoms with E-state index in [0.717, 1.165) is 27.3 Å². The summed E-state index contributed by atoms with van der Waals surface area (Å²) < 4.78 is 26.0. The van der Waals surface area contributed by atoms with E-state index in [0.29, 0.717) is 22.6 Å². The van der Waals surface area contributed by atoms with Crippen LogP contribution in [0.4, 0.5) is 17.1 Å². The van der Waals surface area contributed by atoms with Gasteiger partial charge in [0.15, 0.2) is 0 Å². The van der Waals surface area contributed by atoms with Gasteiger partial charge < -0.3 is 10.6 Å². The Balaban J connectivity index is 1.72. The molecule has 0 saturated heterocycles. The van der Waals surface area contributed by atoms with E-state index in [1.54, 1.807) is 48.5 Å². The van der Waals surface area contributed by atoms with Crippen molar-refractivity contribution in [3.63, 3.8) is 0 Å². The minimum Gasteiger partial charge on any atom is -0.324 e. The first-order chi connectivity index (χ1) is 16.8. The second-order valence-electron chi connectivity index (χ2n) is 9.90. The molecule has 36 heavy (non-hydrogen) atoms. The lowest BCUT2D eigenvalue weighted by Gasteiger charge is -2.24. The molecule has 0 aliphatic carbocycles.